The Bertz CT molecular complexity index is 819. The third-order valence-electron chi connectivity index (χ3n) is 2.97. The largest absolute Gasteiger partial charge is 0.320 e. The number of amides is 1. The molecular formula is C15H11ClN4OS. The molecule has 0 unspecified atom stereocenters. The standard InChI is InChI=1S/C15H11ClN4OS/c1-9-2-3-10(16)6-11(9)19-14(21)13-8-22-15(20-13)12-7-17-4-5-18-12/h2-8H,1H3,(H,19,21). The highest BCUT2D eigenvalue weighted by Crippen LogP contribution is 2.23. The van der Waals surface area contributed by atoms with Gasteiger partial charge in [-0.2, -0.15) is 0 Å². The summed E-state index contributed by atoms with van der Waals surface area (Å²) in [6.45, 7) is 1.90. The zero-order valence-corrected chi connectivity index (χ0v) is 13.1. The molecule has 0 saturated carbocycles. The molecule has 0 radical (unpaired) electrons. The van der Waals surface area contributed by atoms with E-state index in [2.05, 4.69) is 20.3 Å². The maximum atomic E-state index is 12.3. The van der Waals surface area contributed by atoms with Gasteiger partial charge in [-0.25, -0.2) is 4.98 Å². The second-order valence-electron chi connectivity index (χ2n) is 4.54. The number of carbonyl (C=O) groups excluding carboxylic acids is 1. The van der Waals surface area contributed by atoms with E-state index in [0.717, 1.165) is 5.56 Å². The number of hydrogen-bond acceptors (Lipinski definition) is 5. The molecule has 1 amide bonds. The second-order valence-corrected chi connectivity index (χ2v) is 5.84. The fraction of sp³-hybridized carbons (Fsp3) is 0.0667. The van der Waals surface area contributed by atoms with Crippen molar-refractivity contribution < 1.29 is 4.79 Å². The number of benzene rings is 1. The van der Waals surface area contributed by atoms with Crippen LogP contribution < -0.4 is 5.32 Å². The van der Waals surface area contributed by atoms with E-state index in [0.29, 0.717) is 27.1 Å². The first-order chi connectivity index (χ1) is 10.6. The number of nitrogens with one attached hydrogen (secondary N) is 1. The van der Waals surface area contributed by atoms with Gasteiger partial charge in [0.1, 0.15) is 16.4 Å². The number of nitrogens with zero attached hydrogens (tertiary/aromatic N) is 3. The first-order valence-corrected chi connectivity index (χ1v) is 7.68. The lowest BCUT2D eigenvalue weighted by molar-refractivity contribution is 0.102. The van der Waals surface area contributed by atoms with Gasteiger partial charge >= 0.3 is 0 Å². The Morgan fingerprint density at radius 3 is 2.95 bits per heavy atom. The number of anilines is 1. The molecule has 1 aromatic carbocycles. The second kappa shape index (κ2) is 6.21. The number of hydrogen-bond donors (Lipinski definition) is 1. The van der Waals surface area contributed by atoms with Gasteiger partial charge in [0.15, 0.2) is 0 Å². The predicted octanol–water partition coefficient (Wildman–Crippen LogP) is 3.81. The summed E-state index contributed by atoms with van der Waals surface area (Å²) >= 11 is 7.30. The molecule has 3 aromatic rings. The van der Waals surface area contributed by atoms with Crippen molar-refractivity contribution in [3.8, 4) is 10.7 Å². The summed E-state index contributed by atoms with van der Waals surface area (Å²) in [4.78, 5) is 24.7. The van der Waals surface area contributed by atoms with Crippen LogP contribution in [0.15, 0.2) is 42.2 Å². The zero-order chi connectivity index (χ0) is 15.5. The molecule has 22 heavy (non-hydrogen) atoms. The quantitative estimate of drug-likeness (QED) is 0.792. The average Bonchev–Trinajstić information content (AvgIpc) is 3.02. The molecule has 0 aliphatic rings. The SMILES string of the molecule is Cc1ccc(Cl)cc1NC(=O)c1csc(-c2cnccn2)n1. The van der Waals surface area contributed by atoms with Crippen molar-refractivity contribution in [2.45, 2.75) is 6.92 Å². The summed E-state index contributed by atoms with van der Waals surface area (Å²) in [5.41, 5.74) is 2.59. The van der Waals surface area contributed by atoms with E-state index in [-0.39, 0.29) is 5.91 Å². The number of carbonyl (C=O) groups is 1. The Morgan fingerprint density at radius 1 is 1.32 bits per heavy atom. The van der Waals surface area contributed by atoms with Crippen LogP contribution in [0.5, 0.6) is 0 Å². The van der Waals surface area contributed by atoms with Gasteiger partial charge in [-0.1, -0.05) is 17.7 Å². The van der Waals surface area contributed by atoms with E-state index in [4.69, 9.17) is 11.6 Å². The van der Waals surface area contributed by atoms with Crippen LogP contribution in [0.4, 0.5) is 5.69 Å². The summed E-state index contributed by atoms with van der Waals surface area (Å²) in [6.07, 6.45) is 4.79. The van der Waals surface area contributed by atoms with Gasteiger partial charge in [0, 0.05) is 28.5 Å². The third kappa shape index (κ3) is 3.13. The molecule has 1 N–H and O–H groups in total. The summed E-state index contributed by atoms with van der Waals surface area (Å²) in [5.74, 6) is -0.281. The summed E-state index contributed by atoms with van der Waals surface area (Å²) in [6, 6.07) is 5.34. The van der Waals surface area contributed by atoms with E-state index in [1.54, 1.807) is 36.1 Å². The average molecular weight is 331 g/mol. The van der Waals surface area contributed by atoms with Crippen LogP contribution in [0, 0.1) is 6.92 Å². The predicted molar refractivity (Wildman–Crippen MR) is 87.3 cm³/mol. The van der Waals surface area contributed by atoms with Crippen LogP contribution >= 0.6 is 22.9 Å². The van der Waals surface area contributed by atoms with Crippen LogP contribution in [0.25, 0.3) is 10.7 Å². The van der Waals surface area contributed by atoms with E-state index < -0.39 is 0 Å². The van der Waals surface area contributed by atoms with Crippen LogP contribution in [-0.2, 0) is 0 Å². The van der Waals surface area contributed by atoms with E-state index >= 15 is 0 Å². The molecule has 2 aromatic heterocycles. The van der Waals surface area contributed by atoms with Gasteiger partial charge < -0.3 is 5.32 Å². The molecule has 3 rings (SSSR count). The Kier molecular flexibility index (Phi) is 4.13. The van der Waals surface area contributed by atoms with Crippen molar-refractivity contribution in [3.05, 3.63) is 58.4 Å². The van der Waals surface area contributed by atoms with Crippen LogP contribution in [-0.4, -0.2) is 20.9 Å². The molecular weight excluding hydrogens is 320 g/mol. The Hall–Kier alpha value is -2.31. The van der Waals surface area contributed by atoms with Crippen molar-refractivity contribution in [2.75, 3.05) is 5.32 Å². The highest BCUT2D eigenvalue weighted by atomic mass is 35.5. The van der Waals surface area contributed by atoms with Crippen molar-refractivity contribution in [2.24, 2.45) is 0 Å². The van der Waals surface area contributed by atoms with Crippen molar-refractivity contribution in [3.63, 3.8) is 0 Å². The van der Waals surface area contributed by atoms with Gasteiger partial charge in [0.2, 0.25) is 0 Å². The number of halogens is 1. The van der Waals surface area contributed by atoms with Crippen LogP contribution in [0.3, 0.4) is 0 Å². The third-order valence-corrected chi connectivity index (χ3v) is 4.07. The molecule has 110 valence electrons. The lowest BCUT2D eigenvalue weighted by Crippen LogP contribution is -2.13. The highest BCUT2D eigenvalue weighted by Gasteiger charge is 2.13. The normalized spacial score (nSPS) is 10.5. The molecule has 0 bridgehead atoms. The van der Waals surface area contributed by atoms with Crippen molar-refractivity contribution in [1.29, 1.82) is 0 Å². The Balaban J connectivity index is 1.81. The topological polar surface area (TPSA) is 67.8 Å². The van der Waals surface area contributed by atoms with Crippen LogP contribution in [0.2, 0.25) is 5.02 Å². The fourth-order valence-corrected chi connectivity index (χ4v) is 2.75. The molecule has 7 heteroatoms. The van der Waals surface area contributed by atoms with Gasteiger partial charge in [0.05, 0.1) is 6.20 Å². The van der Waals surface area contributed by atoms with E-state index in [9.17, 15) is 4.79 Å². The lowest BCUT2D eigenvalue weighted by atomic mass is 10.2. The molecule has 0 atom stereocenters. The van der Waals surface area contributed by atoms with Crippen LogP contribution in [0.1, 0.15) is 16.1 Å². The van der Waals surface area contributed by atoms with E-state index in [1.807, 2.05) is 13.0 Å². The van der Waals surface area contributed by atoms with Crippen molar-refractivity contribution >= 4 is 34.5 Å². The number of thiazole rings is 1. The molecule has 5 nitrogen and oxygen atoms in total. The smallest absolute Gasteiger partial charge is 0.275 e. The summed E-state index contributed by atoms with van der Waals surface area (Å²) < 4.78 is 0. The summed E-state index contributed by atoms with van der Waals surface area (Å²) in [7, 11) is 0. The van der Waals surface area contributed by atoms with E-state index in [1.165, 1.54) is 11.3 Å². The molecule has 0 saturated heterocycles. The summed E-state index contributed by atoms with van der Waals surface area (Å²) in [5, 5.41) is 5.73. The van der Waals surface area contributed by atoms with Gasteiger partial charge in [-0.05, 0) is 24.6 Å². The maximum Gasteiger partial charge on any atom is 0.275 e. The minimum atomic E-state index is -0.281. The first-order valence-electron chi connectivity index (χ1n) is 6.43. The number of aromatic nitrogens is 3. The molecule has 0 spiro atoms. The highest BCUT2D eigenvalue weighted by molar-refractivity contribution is 7.13. The number of aryl methyl sites for hydroxylation is 1. The van der Waals surface area contributed by atoms with Gasteiger partial charge in [0.25, 0.3) is 5.91 Å². The van der Waals surface area contributed by atoms with Gasteiger partial charge in [-0.3, -0.25) is 14.8 Å². The Labute approximate surface area is 136 Å². The fourth-order valence-electron chi connectivity index (χ4n) is 1.82. The minimum Gasteiger partial charge on any atom is -0.320 e. The maximum absolute atomic E-state index is 12.3. The molecule has 0 aliphatic heterocycles. The first kappa shape index (κ1) is 14.6. The monoisotopic (exact) mass is 330 g/mol. The molecule has 2 heterocycles. The number of rotatable bonds is 3. The lowest BCUT2D eigenvalue weighted by Gasteiger charge is -2.07. The molecule has 0 fully saturated rings. The van der Waals surface area contributed by atoms with Gasteiger partial charge in [-0.15, -0.1) is 11.3 Å². The van der Waals surface area contributed by atoms with Crippen molar-refractivity contribution in [1.82, 2.24) is 15.0 Å². The molecule has 0 aliphatic carbocycles. The zero-order valence-electron chi connectivity index (χ0n) is 11.6. The Morgan fingerprint density at radius 2 is 2.18 bits per heavy atom. The minimum absolute atomic E-state index is 0.281.